The van der Waals surface area contributed by atoms with E-state index in [1.54, 1.807) is 0 Å². The molecule has 0 bridgehead atoms. The van der Waals surface area contributed by atoms with E-state index in [2.05, 4.69) is 4.99 Å². The van der Waals surface area contributed by atoms with Crippen LogP contribution in [0.3, 0.4) is 0 Å². The Morgan fingerprint density at radius 1 is 1.33 bits per heavy atom. The summed E-state index contributed by atoms with van der Waals surface area (Å²) in [6, 6.07) is 0. The molecule has 0 radical (unpaired) electrons. The maximum absolute atomic E-state index is 5.30. The van der Waals surface area contributed by atoms with Crippen molar-refractivity contribution in [3.8, 4) is 0 Å². The number of unbranched alkanes of at least 4 members (excludes halogenated alkanes) is 2. The molecule has 0 fully saturated rings. The molecule has 0 heterocycles. The van der Waals surface area contributed by atoms with Crippen LogP contribution in [0.4, 0.5) is 0 Å². The van der Waals surface area contributed by atoms with Gasteiger partial charge in [-0.15, -0.1) is 0 Å². The summed E-state index contributed by atoms with van der Waals surface area (Å²) >= 11 is 0. The molecule has 2 N–H and O–H groups in total. The first-order valence-corrected chi connectivity index (χ1v) is 3.56. The van der Waals surface area contributed by atoms with Gasteiger partial charge in [0.15, 0.2) is 0 Å². The van der Waals surface area contributed by atoms with Gasteiger partial charge < -0.3 is 5.73 Å². The van der Waals surface area contributed by atoms with Gasteiger partial charge in [0.2, 0.25) is 0 Å². The molecule has 2 heteroatoms. The first-order valence-electron chi connectivity index (χ1n) is 3.56. The number of nitrogens with zero attached hydrogens (tertiary/aromatic N) is 1. The van der Waals surface area contributed by atoms with Crippen molar-refractivity contribution in [3.05, 3.63) is 0 Å². The fourth-order valence-electron chi connectivity index (χ4n) is 0.653. The van der Waals surface area contributed by atoms with Gasteiger partial charge in [-0.3, -0.25) is 4.99 Å². The van der Waals surface area contributed by atoms with E-state index in [9.17, 15) is 0 Å². The lowest BCUT2D eigenvalue weighted by Crippen LogP contribution is -1.98. The Labute approximate surface area is 57.2 Å². The van der Waals surface area contributed by atoms with Crippen molar-refractivity contribution in [1.29, 1.82) is 0 Å². The lowest BCUT2D eigenvalue weighted by molar-refractivity contribution is 0.696. The van der Waals surface area contributed by atoms with Gasteiger partial charge in [0.05, 0.1) is 0 Å². The van der Waals surface area contributed by atoms with E-state index in [0.29, 0.717) is 0 Å². The maximum Gasteiger partial charge on any atom is 0.0385 e. The summed E-state index contributed by atoms with van der Waals surface area (Å²) in [5.74, 6) is 0. The molecule has 0 spiro atoms. The Kier molecular flexibility index (Phi) is 7.32. The van der Waals surface area contributed by atoms with E-state index in [-0.39, 0.29) is 0 Å². The quantitative estimate of drug-likeness (QED) is 0.438. The molecule has 0 aromatic rings. The predicted molar refractivity (Wildman–Crippen MR) is 41.9 cm³/mol. The molecule has 0 saturated carbocycles. The van der Waals surface area contributed by atoms with Crippen LogP contribution in [-0.4, -0.2) is 19.3 Å². The largest absolute Gasteiger partial charge is 0.330 e. The highest BCUT2D eigenvalue weighted by atomic mass is 14.7. The Morgan fingerprint density at radius 2 is 2.11 bits per heavy atom. The van der Waals surface area contributed by atoms with Crippen LogP contribution in [0, 0.1) is 0 Å². The SMILES string of the molecule is CC=NCCCCCN. The van der Waals surface area contributed by atoms with Crippen molar-refractivity contribution < 1.29 is 0 Å². The molecule has 54 valence electrons. The van der Waals surface area contributed by atoms with Crippen LogP contribution in [0.1, 0.15) is 26.2 Å². The van der Waals surface area contributed by atoms with E-state index in [1.807, 2.05) is 13.1 Å². The summed E-state index contributed by atoms with van der Waals surface area (Å²) in [6.45, 7) is 3.73. The number of nitrogens with two attached hydrogens (primary N) is 1. The van der Waals surface area contributed by atoms with Gasteiger partial charge in [-0.1, -0.05) is 6.42 Å². The Morgan fingerprint density at radius 3 is 2.67 bits per heavy atom. The lowest BCUT2D eigenvalue weighted by atomic mass is 10.2. The molecule has 0 amide bonds. The summed E-state index contributed by atoms with van der Waals surface area (Å²) in [6.07, 6.45) is 5.39. The van der Waals surface area contributed by atoms with Gasteiger partial charge in [0.1, 0.15) is 0 Å². The Hall–Kier alpha value is -0.370. The van der Waals surface area contributed by atoms with E-state index < -0.39 is 0 Å². The first-order chi connectivity index (χ1) is 4.41. The standard InChI is InChI=1S/C7H16N2/c1-2-9-7-5-3-4-6-8/h2H,3-8H2,1H3. The monoisotopic (exact) mass is 128 g/mol. The molecule has 0 saturated heterocycles. The first kappa shape index (κ1) is 8.63. The van der Waals surface area contributed by atoms with Crippen LogP contribution < -0.4 is 5.73 Å². The minimum atomic E-state index is 0.815. The van der Waals surface area contributed by atoms with Crippen molar-refractivity contribution in [1.82, 2.24) is 0 Å². The molecule has 0 aliphatic carbocycles. The second-order valence-electron chi connectivity index (χ2n) is 2.01. The maximum atomic E-state index is 5.30. The summed E-state index contributed by atoms with van der Waals surface area (Å²) in [5, 5.41) is 0. The third-order valence-electron chi connectivity index (χ3n) is 1.17. The predicted octanol–water partition coefficient (Wildman–Crippen LogP) is 1.21. The molecule has 0 aromatic heterocycles. The lowest BCUT2D eigenvalue weighted by Gasteiger charge is -1.92. The summed E-state index contributed by atoms with van der Waals surface area (Å²) in [4.78, 5) is 4.08. The molecule has 9 heavy (non-hydrogen) atoms. The fraction of sp³-hybridized carbons (Fsp3) is 0.857. The summed E-state index contributed by atoms with van der Waals surface area (Å²) in [7, 11) is 0. The molecule has 2 nitrogen and oxygen atoms in total. The zero-order chi connectivity index (χ0) is 6.95. The van der Waals surface area contributed by atoms with Crippen LogP contribution in [0.5, 0.6) is 0 Å². The number of rotatable bonds is 5. The smallest absolute Gasteiger partial charge is 0.0385 e. The Bertz CT molecular complexity index is 69.3. The van der Waals surface area contributed by atoms with Crippen LogP contribution in [0.2, 0.25) is 0 Å². The number of hydrogen-bond acceptors (Lipinski definition) is 2. The van der Waals surface area contributed by atoms with E-state index in [0.717, 1.165) is 19.5 Å². The minimum absolute atomic E-state index is 0.815. The third kappa shape index (κ3) is 7.63. The van der Waals surface area contributed by atoms with Crippen molar-refractivity contribution in [2.45, 2.75) is 26.2 Å². The molecule has 0 aliphatic heterocycles. The van der Waals surface area contributed by atoms with Crippen molar-refractivity contribution in [3.63, 3.8) is 0 Å². The van der Waals surface area contributed by atoms with Gasteiger partial charge in [0, 0.05) is 6.54 Å². The average molecular weight is 128 g/mol. The molecule has 0 aromatic carbocycles. The van der Waals surface area contributed by atoms with E-state index in [1.165, 1.54) is 12.8 Å². The van der Waals surface area contributed by atoms with Crippen LogP contribution >= 0.6 is 0 Å². The minimum Gasteiger partial charge on any atom is -0.330 e. The second kappa shape index (κ2) is 7.63. The highest BCUT2D eigenvalue weighted by Gasteiger charge is 1.82. The number of hydrogen-bond donors (Lipinski definition) is 1. The molecule has 0 rings (SSSR count). The molecule has 0 unspecified atom stereocenters. The summed E-state index contributed by atoms with van der Waals surface area (Å²) < 4.78 is 0. The van der Waals surface area contributed by atoms with Crippen LogP contribution in [0.25, 0.3) is 0 Å². The molecular weight excluding hydrogens is 112 g/mol. The third-order valence-corrected chi connectivity index (χ3v) is 1.17. The van der Waals surface area contributed by atoms with Gasteiger partial charge >= 0.3 is 0 Å². The molecular formula is C7H16N2. The van der Waals surface area contributed by atoms with Crippen LogP contribution in [-0.2, 0) is 0 Å². The molecule has 0 atom stereocenters. The van der Waals surface area contributed by atoms with Gasteiger partial charge in [0.25, 0.3) is 0 Å². The second-order valence-corrected chi connectivity index (χ2v) is 2.01. The average Bonchev–Trinajstić information content (AvgIpc) is 1.89. The summed E-state index contributed by atoms with van der Waals surface area (Å²) in [5.41, 5.74) is 5.30. The topological polar surface area (TPSA) is 38.4 Å². The Balaban J connectivity index is 2.75. The molecule has 0 aliphatic rings. The van der Waals surface area contributed by atoms with E-state index in [4.69, 9.17) is 5.73 Å². The van der Waals surface area contributed by atoms with E-state index >= 15 is 0 Å². The van der Waals surface area contributed by atoms with Gasteiger partial charge in [-0.05, 0) is 32.5 Å². The number of aliphatic imine (C=N–C) groups is 1. The van der Waals surface area contributed by atoms with Gasteiger partial charge in [-0.25, -0.2) is 0 Å². The van der Waals surface area contributed by atoms with Crippen molar-refractivity contribution in [2.75, 3.05) is 13.1 Å². The highest BCUT2D eigenvalue weighted by Crippen LogP contribution is 1.92. The van der Waals surface area contributed by atoms with Crippen LogP contribution in [0.15, 0.2) is 4.99 Å². The fourth-order valence-corrected chi connectivity index (χ4v) is 0.653. The highest BCUT2D eigenvalue weighted by molar-refractivity contribution is 5.53. The normalized spacial score (nSPS) is 10.9. The van der Waals surface area contributed by atoms with Crippen molar-refractivity contribution >= 4 is 6.21 Å². The van der Waals surface area contributed by atoms with Crippen molar-refractivity contribution in [2.24, 2.45) is 10.7 Å². The zero-order valence-electron chi connectivity index (χ0n) is 6.14. The van der Waals surface area contributed by atoms with Gasteiger partial charge in [-0.2, -0.15) is 0 Å². The zero-order valence-corrected chi connectivity index (χ0v) is 6.14.